The fourth-order valence-corrected chi connectivity index (χ4v) is 4.39. The number of aromatic nitrogens is 5. The molecule has 5 heterocycles. The largest absolute Gasteiger partial charge is 0.419 e. The fourth-order valence-electron chi connectivity index (χ4n) is 4.39. The molecule has 178 valence electrons. The molecule has 1 saturated heterocycles. The third-order valence-electron chi connectivity index (χ3n) is 6.14. The van der Waals surface area contributed by atoms with Crippen molar-refractivity contribution in [3.63, 3.8) is 0 Å². The van der Waals surface area contributed by atoms with Gasteiger partial charge >= 0.3 is 6.18 Å². The number of alkyl halides is 3. The van der Waals surface area contributed by atoms with Gasteiger partial charge in [-0.3, -0.25) is 9.78 Å². The maximum atomic E-state index is 13.3. The number of carbonyl (C=O) groups excluding carboxylic acids is 1. The van der Waals surface area contributed by atoms with E-state index in [1.54, 1.807) is 36.5 Å². The molecule has 2 N–H and O–H groups in total. The molecule has 35 heavy (non-hydrogen) atoms. The van der Waals surface area contributed by atoms with Crippen LogP contribution in [0.25, 0.3) is 33.3 Å². The molecule has 0 saturated carbocycles. The van der Waals surface area contributed by atoms with Crippen molar-refractivity contribution in [3.05, 3.63) is 42.5 Å². The Morgan fingerprint density at radius 2 is 1.89 bits per heavy atom. The second-order valence-corrected chi connectivity index (χ2v) is 8.26. The zero-order chi connectivity index (χ0) is 24.7. The lowest BCUT2D eigenvalue weighted by molar-refractivity contribution is -0.137. The van der Waals surface area contributed by atoms with E-state index in [0.717, 1.165) is 11.6 Å². The van der Waals surface area contributed by atoms with Gasteiger partial charge in [0.1, 0.15) is 16.9 Å². The smallest absolute Gasteiger partial charge is 0.383 e. The van der Waals surface area contributed by atoms with Crippen LogP contribution in [0.2, 0.25) is 0 Å². The van der Waals surface area contributed by atoms with Crippen molar-refractivity contribution in [2.45, 2.75) is 32.0 Å². The summed E-state index contributed by atoms with van der Waals surface area (Å²) in [5, 5.41) is 0. The molecule has 1 aliphatic heterocycles. The monoisotopic (exact) mass is 479 g/mol. The van der Waals surface area contributed by atoms with E-state index in [9.17, 15) is 18.0 Å². The van der Waals surface area contributed by atoms with E-state index < -0.39 is 17.6 Å². The Balaban J connectivity index is 1.55. The zero-order valence-electron chi connectivity index (χ0n) is 18.7. The number of rotatable bonds is 2. The topological polar surface area (TPSA) is 103 Å². The van der Waals surface area contributed by atoms with Gasteiger partial charge in [0, 0.05) is 30.9 Å². The maximum absolute atomic E-state index is 13.3. The van der Waals surface area contributed by atoms with Crippen LogP contribution >= 0.6 is 0 Å². The molecular formula is C24H20F3N7O. The molecule has 0 aliphatic carbocycles. The summed E-state index contributed by atoms with van der Waals surface area (Å²) in [5.74, 6) is 4.44. The number of nitrogens with two attached hydrogens (primary N) is 1. The highest BCUT2D eigenvalue weighted by molar-refractivity contribution is 6.00. The summed E-state index contributed by atoms with van der Waals surface area (Å²) in [5.41, 5.74) is 7.44. The van der Waals surface area contributed by atoms with Crippen molar-refractivity contribution in [1.29, 1.82) is 0 Å². The molecular weight excluding hydrogens is 459 g/mol. The highest BCUT2D eigenvalue weighted by atomic mass is 19.4. The molecule has 0 atom stereocenters. The average molecular weight is 479 g/mol. The highest BCUT2D eigenvalue weighted by Gasteiger charge is 2.34. The third-order valence-corrected chi connectivity index (χ3v) is 6.14. The van der Waals surface area contributed by atoms with E-state index in [1.165, 1.54) is 6.20 Å². The normalized spacial score (nSPS) is 14.8. The van der Waals surface area contributed by atoms with E-state index in [4.69, 9.17) is 5.73 Å². The number of hydrogen-bond acceptors (Lipinski definition) is 6. The lowest BCUT2D eigenvalue weighted by Gasteiger charge is -2.31. The molecule has 4 aromatic heterocycles. The van der Waals surface area contributed by atoms with Gasteiger partial charge in [0.2, 0.25) is 0 Å². The van der Waals surface area contributed by atoms with E-state index in [-0.39, 0.29) is 17.5 Å². The first kappa shape index (κ1) is 22.6. The second kappa shape index (κ2) is 8.54. The number of fused-ring (bicyclic) bond motifs is 3. The van der Waals surface area contributed by atoms with Crippen molar-refractivity contribution in [2.75, 3.05) is 18.8 Å². The van der Waals surface area contributed by atoms with E-state index in [2.05, 4.69) is 31.8 Å². The molecule has 11 heteroatoms. The van der Waals surface area contributed by atoms with Gasteiger partial charge in [-0.2, -0.15) is 13.2 Å². The number of likely N-dealkylation sites (tertiary alicyclic amines) is 1. The van der Waals surface area contributed by atoms with Crippen LogP contribution in [-0.2, 0) is 11.0 Å². The summed E-state index contributed by atoms with van der Waals surface area (Å²) in [6.45, 7) is 2.76. The van der Waals surface area contributed by atoms with E-state index >= 15 is 0 Å². The molecule has 8 nitrogen and oxygen atoms in total. The lowest BCUT2D eigenvalue weighted by Crippen LogP contribution is -2.38. The van der Waals surface area contributed by atoms with Gasteiger partial charge in [0.05, 0.1) is 34.8 Å². The summed E-state index contributed by atoms with van der Waals surface area (Å²) < 4.78 is 42.1. The Bertz CT molecular complexity index is 1510. The number of pyridine rings is 3. The summed E-state index contributed by atoms with van der Waals surface area (Å²) in [6.07, 6.45) is 1.44. The number of nitrogen functional groups attached to an aromatic ring is 1. The van der Waals surface area contributed by atoms with Crippen LogP contribution in [0.5, 0.6) is 0 Å². The average Bonchev–Trinajstić information content (AvgIpc) is 3.28. The summed E-state index contributed by atoms with van der Waals surface area (Å²) in [4.78, 5) is 31.1. The number of halogens is 3. The minimum atomic E-state index is -4.63. The van der Waals surface area contributed by atoms with Gasteiger partial charge in [-0.1, -0.05) is 5.92 Å². The standard InChI is InChI=1S/C24H20F3N7O/c1-2-3-20(35)33-8-6-15(7-9-33)34-13-31-19-12-29-18-5-4-17(32-21(18)22(19)34)14-10-16(24(25,26)27)23(28)30-11-14/h4-5,10-13,15H,6-9H2,1H3,(H2,28,30). The predicted octanol–water partition coefficient (Wildman–Crippen LogP) is 3.83. The molecule has 0 radical (unpaired) electrons. The Morgan fingerprint density at radius 3 is 2.60 bits per heavy atom. The number of nitrogens with zero attached hydrogens (tertiary/aromatic N) is 6. The van der Waals surface area contributed by atoms with Crippen LogP contribution in [0.15, 0.2) is 36.9 Å². The number of piperidine rings is 1. The number of carbonyl (C=O) groups is 1. The van der Waals surface area contributed by atoms with Crippen LogP contribution in [0.1, 0.15) is 31.4 Å². The minimum Gasteiger partial charge on any atom is -0.383 e. The van der Waals surface area contributed by atoms with Gasteiger partial charge in [-0.25, -0.2) is 15.0 Å². The van der Waals surface area contributed by atoms with E-state index in [1.807, 2.05) is 4.57 Å². The summed E-state index contributed by atoms with van der Waals surface area (Å²) >= 11 is 0. The van der Waals surface area contributed by atoms with Gasteiger partial charge in [-0.15, -0.1) is 0 Å². The molecule has 0 aromatic carbocycles. The van der Waals surface area contributed by atoms with Crippen LogP contribution in [0, 0.1) is 11.8 Å². The maximum Gasteiger partial charge on any atom is 0.419 e. The summed E-state index contributed by atoms with van der Waals surface area (Å²) in [7, 11) is 0. The van der Waals surface area contributed by atoms with Crippen LogP contribution in [-0.4, -0.2) is 48.4 Å². The first-order valence-electron chi connectivity index (χ1n) is 10.9. The van der Waals surface area contributed by atoms with Crippen LogP contribution in [0.3, 0.4) is 0 Å². The molecule has 5 rings (SSSR count). The zero-order valence-corrected chi connectivity index (χ0v) is 18.7. The molecule has 4 aromatic rings. The van der Waals surface area contributed by atoms with Crippen molar-refractivity contribution >= 4 is 33.8 Å². The Labute approximate surface area is 198 Å². The van der Waals surface area contributed by atoms with Crippen molar-refractivity contribution < 1.29 is 18.0 Å². The van der Waals surface area contributed by atoms with Gasteiger partial charge < -0.3 is 15.2 Å². The lowest BCUT2D eigenvalue weighted by atomic mass is 10.0. The number of amides is 1. The third kappa shape index (κ3) is 4.12. The number of hydrogen-bond donors (Lipinski definition) is 1. The summed E-state index contributed by atoms with van der Waals surface area (Å²) in [6, 6.07) is 4.34. The Kier molecular flexibility index (Phi) is 5.51. The molecule has 1 aliphatic rings. The fraction of sp³-hybridized carbons (Fsp3) is 0.292. The van der Waals surface area contributed by atoms with Crippen molar-refractivity contribution in [3.8, 4) is 23.1 Å². The molecule has 0 bridgehead atoms. The van der Waals surface area contributed by atoms with Crippen molar-refractivity contribution in [2.24, 2.45) is 0 Å². The Morgan fingerprint density at radius 1 is 1.11 bits per heavy atom. The second-order valence-electron chi connectivity index (χ2n) is 8.26. The van der Waals surface area contributed by atoms with Crippen molar-refractivity contribution in [1.82, 2.24) is 29.4 Å². The quantitative estimate of drug-likeness (QED) is 0.439. The SMILES string of the molecule is CC#CC(=O)N1CCC(n2cnc3cnc4ccc(-c5cnc(N)c(C(F)(F)F)c5)nc4c32)CC1. The van der Waals surface area contributed by atoms with Gasteiger partial charge in [0.15, 0.2) is 0 Å². The molecule has 1 amide bonds. The molecule has 0 unspecified atom stereocenters. The van der Waals surface area contributed by atoms with Gasteiger partial charge in [-0.05, 0) is 43.9 Å². The van der Waals surface area contributed by atoms with E-state index in [0.29, 0.717) is 48.2 Å². The Hall–Kier alpha value is -4.20. The van der Waals surface area contributed by atoms with Crippen LogP contribution in [0.4, 0.5) is 19.0 Å². The first-order valence-corrected chi connectivity index (χ1v) is 10.9. The minimum absolute atomic E-state index is 0.0738. The van der Waals surface area contributed by atoms with Crippen LogP contribution < -0.4 is 5.73 Å². The first-order chi connectivity index (χ1) is 16.8. The highest BCUT2D eigenvalue weighted by Crippen LogP contribution is 2.36. The predicted molar refractivity (Wildman–Crippen MR) is 124 cm³/mol. The number of anilines is 1. The molecule has 1 fully saturated rings. The van der Waals surface area contributed by atoms with Gasteiger partial charge in [0.25, 0.3) is 5.91 Å². The molecule has 0 spiro atoms. The number of imidazole rings is 1.